The number of aryl methyl sites for hydroxylation is 1. The number of aliphatic hydroxyl groups is 1. The summed E-state index contributed by atoms with van der Waals surface area (Å²) in [4.78, 5) is 1.78. The van der Waals surface area contributed by atoms with Gasteiger partial charge in [-0.3, -0.25) is 4.90 Å². The van der Waals surface area contributed by atoms with Gasteiger partial charge in [-0.05, 0) is 28.5 Å². The molecule has 3 rings (SSSR count). The Hall–Kier alpha value is -2.00. The third kappa shape index (κ3) is 3.20. The predicted octanol–water partition coefficient (Wildman–Crippen LogP) is 1.54. The van der Waals surface area contributed by atoms with Crippen molar-refractivity contribution in [3.05, 3.63) is 41.2 Å². The van der Waals surface area contributed by atoms with Crippen molar-refractivity contribution < 1.29 is 18.3 Å². The Labute approximate surface area is 130 Å². The van der Waals surface area contributed by atoms with Crippen LogP contribution in [0.4, 0.5) is 13.2 Å². The zero-order chi connectivity index (χ0) is 16.6. The van der Waals surface area contributed by atoms with E-state index in [1.54, 1.807) is 18.0 Å². The number of hydrogen-bond donors (Lipinski definition) is 1. The van der Waals surface area contributed by atoms with Crippen molar-refractivity contribution in [2.75, 3.05) is 6.54 Å². The molecule has 0 saturated carbocycles. The van der Waals surface area contributed by atoms with Crippen molar-refractivity contribution in [3.63, 3.8) is 0 Å². The summed E-state index contributed by atoms with van der Waals surface area (Å²) in [6.07, 6.45) is -4.86. The van der Waals surface area contributed by atoms with E-state index in [0.717, 1.165) is 6.07 Å². The van der Waals surface area contributed by atoms with Crippen molar-refractivity contribution in [3.8, 4) is 0 Å². The van der Waals surface area contributed by atoms with Gasteiger partial charge < -0.3 is 5.11 Å². The molecule has 0 radical (unpaired) electrons. The van der Waals surface area contributed by atoms with Crippen molar-refractivity contribution in [1.82, 2.24) is 25.1 Å². The molecular weight excluding hydrogens is 311 g/mol. The van der Waals surface area contributed by atoms with E-state index in [0.29, 0.717) is 5.82 Å². The number of nitrogens with zero attached hydrogens (tertiary/aromatic N) is 5. The van der Waals surface area contributed by atoms with Crippen LogP contribution < -0.4 is 0 Å². The van der Waals surface area contributed by atoms with Gasteiger partial charge in [0.15, 0.2) is 5.82 Å². The predicted molar refractivity (Wildman–Crippen MR) is 74.0 cm³/mol. The third-order valence-electron chi connectivity index (χ3n) is 4.06. The first-order valence-corrected chi connectivity index (χ1v) is 7.15. The molecule has 0 spiro atoms. The fourth-order valence-electron chi connectivity index (χ4n) is 2.99. The van der Waals surface area contributed by atoms with E-state index < -0.39 is 23.9 Å². The standard InChI is InChI=1S/C14H16F3N5O/c1-21-13(18-19-20-21)8-22-7-9(23)6-12(22)10-4-2-3-5-11(10)14(15,16)17/h2-5,9,12,23H,6-8H2,1H3. The summed E-state index contributed by atoms with van der Waals surface area (Å²) in [5.41, 5.74) is -0.494. The lowest BCUT2D eigenvalue weighted by molar-refractivity contribution is -0.138. The van der Waals surface area contributed by atoms with Crippen LogP contribution in [-0.4, -0.2) is 42.9 Å². The summed E-state index contributed by atoms with van der Waals surface area (Å²) in [5, 5.41) is 21.1. The van der Waals surface area contributed by atoms with Gasteiger partial charge in [0.1, 0.15) is 0 Å². The van der Waals surface area contributed by atoms with Crippen molar-refractivity contribution in [2.24, 2.45) is 7.05 Å². The quantitative estimate of drug-likeness (QED) is 0.926. The molecular formula is C14H16F3N5O. The van der Waals surface area contributed by atoms with Gasteiger partial charge in [-0.15, -0.1) is 5.10 Å². The molecule has 124 valence electrons. The third-order valence-corrected chi connectivity index (χ3v) is 4.06. The Bertz CT molecular complexity index is 687. The highest BCUT2D eigenvalue weighted by Crippen LogP contribution is 2.40. The molecule has 1 aliphatic heterocycles. The Balaban J connectivity index is 1.93. The summed E-state index contributed by atoms with van der Waals surface area (Å²) in [6, 6.07) is 4.96. The van der Waals surface area contributed by atoms with Crippen LogP contribution >= 0.6 is 0 Å². The van der Waals surface area contributed by atoms with Gasteiger partial charge in [0.2, 0.25) is 0 Å². The molecule has 0 aliphatic carbocycles. The highest BCUT2D eigenvalue weighted by molar-refractivity contribution is 5.33. The lowest BCUT2D eigenvalue weighted by atomic mass is 9.97. The average Bonchev–Trinajstić information content (AvgIpc) is 3.05. The largest absolute Gasteiger partial charge is 0.416 e. The Kier molecular flexibility index (Phi) is 4.07. The second-order valence-corrected chi connectivity index (χ2v) is 5.64. The fraction of sp³-hybridized carbons (Fsp3) is 0.500. The van der Waals surface area contributed by atoms with Gasteiger partial charge in [0, 0.05) is 19.6 Å². The van der Waals surface area contributed by atoms with Gasteiger partial charge in [0.05, 0.1) is 18.2 Å². The number of rotatable bonds is 3. The van der Waals surface area contributed by atoms with Gasteiger partial charge in [-0.2, -0.15) is 13.2 Å². The number of halogens is 3. The summed E-state index contributed by atoms with van der Waals surface area (Å²) in [5.74, 6) is 0.536. The number of likely N-dealkylation sites (tertiary alicyclic amines) is 1. The highest BCUT2D eigenvalue weighted by atomic mass is 19.4. The summed E-state index contributed by atoms with van der Waals surface area (Å²) < 4.78 is 41.2. The Morgan fingerprint density at radius 2 is 2.04 bits per heavy atom. The summed E-state index contributed by atoms with van der Waals surface area (Å²) in [7, 11) is 1.67. The average molecular weight is 327 g/mol. The summed E-state index contributed by atoms with van der Waals surface area (Å²) >= 11 is 0. The fourth-order valence-corrected chi connectivity index (χ4v) is 2.99. The molecule has 1 fully saturated rings. The molecule has 2 aromatic rings. The Morgan fingerprint density at radius 3 is 2.70 bits per heavy atom. The van der Waals surface area contributed by atoms with Crippen molar-refractivity contribution in [2.45, 2.75) is 31.3 Å². The van der Waals surface area contributed by atoms with Crippen molar-refractivity contribution in [1.29, 1.82) is 0 Å². The van der Waals surface area contributed by atoms with Crippen LogP contribution in [0.25, 0.3) is 0 Å². The van der Waals surface area contributed by atoms with Gasteiger partial charge >= 0.3 is 6.18 Å². The van der Waals surface area contributed by atoms with Crippen LogP contribution in [0.3, 0.4) is 0 Å². The molecule has 0 amide bonds. The SMILES string of the molecule is Cn1nnnc1CN1CC(O)CC1c1ccccc1C(F)(F)F. The van der Waals surface area contributed by atoms with Gasteiger partial charge in [-0.1, -0.05) is 18.2 Å². The zero-order valence-electron chi connectivity index (χ0n) is 12.4. The molecule has 0 bridgehead atoms. The van der Waals surface area contributed by atoms with Crippen molar-refractivity contribution >= 4 is 0 Å². The van der Waals surface area contributed by atoms with E-state index in [9.17, 15) is 18.3 Å². The van der Waals surface area contributed by atoms with E-state index in [2.05, 4.69) is 15.5 Å². The minimum Gasteiger partial charge on any atom is -0.392 e. The minimum atomic E-state index is -4.43. The molecule has 9 heteroatoms. The highest BCUT2D eigenvalue weighted by Gasteiger charge is 2.40. The van der Waals surface area contributed by atoms with Crippen LogP contribution in [0.15, 0.2) is 24.3 Å². The normalized spacial score (nSPS) is 22.7. The topological polar surface area (TPSA) is 67.1 Å². The number of aromatic nitrogens is 4. The smallest absolute Gasteiger partial charge is 0.392 e. The molecule has 1 saturated heterocycles. The number of tetrazole rings is 1. The number of benzene rings is 1. The van der Waals surface area contributed by atoms with E-state index >= 15 is 0 Å². The van der Waals surface area contributed by atoms with E-state index in [-0.39, 0.29) is 25.1 Å². The van der Waals surface area contributed by atoms with Crippen LogP contribution in [0.2, 0.25) is 0 Å². The molecule has 1 aromatic carbocycles. The molecule has 2 unspecified atom stereocenters. The van der Waals surface area contributed by atoms with Crippen LogP contribution in [0, 0.1) is 0 Å². The van der Waals surface area contributed by atoms with Crippen LogP contribution in [0.5, 0.6) is 0 Å². The van der Waals surface area contributed by atoms with Gasteiger partial charge in [0.25, 0.3) is 0 Å². The molecule has 2 atom stereocenters. The molecule has 2 heterocycles. The number of aliphatic hydroxyl groups excluding tert-OH is 1. The first-order chi connectivity index (χ1) is 10.9. The molecule has 1 aromatic heterocycles. The maximum absolute atomic E-state index is 13.2. The number of alkyl halides is 3. The lowest BCUT2D eigenvalue weighted by Crippen LogP contribution is -2.27. The second kappa shape index (κ2) is 5.89. The maximum Gasteiger partial charge on any atom is 0.416 e. The Morgan fingerprint density at radius 1 is 1.30 bits per heavy atom. The van der Waals surface area contributed by atoms with E-state index in [1.165, 1.54) is 16.8 Å². The van der Waals surface area contributed by atoms with E-state index in [1.807, 2.05) is 0 Å². The molecule has 6 nitrogen and oxygen atoms in total. The first-order valence-electron chi connectivity index (χ1n) is 7.15. The van der Waals surface area contributed by atoms with Gasteiger partial charge in [-0.25, -0.2) is 4.68 Å². The number of β-amino-alcohol motifs (C(OH)–C–C–N with tert-alkyl or cyclic N) is 1. The number of hydrogen-bond acceptors (Lipinski definition) is 5. The van der Waals surface area contributed by atoms with E-state index in [4.69, 9.17) is 0 Å². The molecule has 1 aliphatic rings. The second-order valence-electron chi connectivity index (χ2n) is 5.64. The maximum atomic E-state index is 13.2. The minimum absolute atomic E-state index is 0.173. The molecule has 23 heavy (non-hydrogen) atoms. The lowest BCUT2D eigenvalue weighted by Gasteiger charge is -2.26. The summed E-state index contributed by atoms with van der Waals surface area (Å²) in [6.45, 7) is 0.557. The monoisotopic (exact) mass is 327 g/mol. The van der Waals surface area contributed by atoms with Crippen LogP contribution in [-0.2, 0) is 19.8 Å². The van der Waals surface area contributed by atoms with Crippen LogP contribution in [0.1, 0.15) is 29.4 Å². The first kappa shape index (κ1) is 15.9. The molecule has 1 N–H and O–H groups in total. The zero-order valence-corrected chi connectivity index (χ0v) is 12.4.